The van der Waals surface area contributed by atoms with Gasteiger partial charge in [-0.15, -0.1) is 0 Å². The molecule has 31 heavy (non-hydrogen) atoms. The third kappa shape index (κ3) is 4.64. The molecule has 0 bridgehead atoms. The average Bonchev–Trinajstić information content (AvgIpc) is 2.77. The minimum absolute atomic E-state index is 0.155. The lowest BCUT2D eigenvalue weighted by molar-refractivity contribution is -0.115. The van der Waals surface area contributed by atoms with Crippen molar-refractivity contribution in [3.63, 3.8) is 0 Å². The summed E-state index contributed by atoms with van der Waals surface area (Å²) in [5.41, 5.74) is 0.414. The molecule has 2 aromatic carbocycles. The lowest BCUT2D eigenvalue weighted by atomic mass is 9.85. The number of ether oxygens (including phenoxy) is 1. The van der Waals surface area contributed by atoms with Crippen LogP contribution in [0, 0.1) is 0 Å². The first-order chi connectivity index (χ1) is 15.0. The van der Waals surface area contributed by atoms with Crippen molar-refractivity contribution in [3.05, 3.63) is 70.6 Å². The third-order valence-corrected chi connectivity index (χ3v) is 6.09. The second kappa shape index (κ2) is 8.94. The van der Waals surface area contributed by atoms with Crippen LogP contribution in [-0.2, 0) is 17.8 Å². The smallest absolute Gasteiger partial charge is 0.258 e. The predicted molar refractivity (Wildman–Crippen MR) is 122 cm³/mol. The van der Waals surface area contributed by atoms with Gasteiger partial charge in [0, 0.05) is 28.2 Å². The Balaban J connectivity index is 1.57. The van der Waals surface area contributed by atoms with Gasteiger partial charge in [-0.2, -0.15) is 0 Å². The van der Waals surface area contributed by atoms with Gasteiger partial charge in [0.15, 0.2) is 0 Å². The van der Waals surface area contributed by atoms with Gasteiger partial charge in [-0.05, 0) is 37.1 Å². The summed E-state index contributed by atoms with van der Waals surface area (Å²) in [4.78, 5) is 25.7. The summed E-state index contributed by atoms with van der Waals surface area (Å²) in [5.74, 6) is 0.483. The number of pyridine rings is 1. The predicted octanol–water partition coefficient (Wildman–Crippen LogP) is 3.89. The lowest BCUT2D eigenvalue weighted by Gasteiger charge is -2.32. The maximum absolute atomic E-state index is 13.1. The van der Waals surface area contributed by atoms with Crippen molar-refractivity contribution in [3.8, 4) is 5.75 Å². The van der Waals surface area contributed by atoms with Gasteiger partial charge in [-0.3, -0.25) is 9.59 Å². The van der Waals surface area contributed by atoms with E-state index in [9.17, 15) is 14.7 Å². The number of aliphatic hydroxyl groups is 1. The fraction of sp³-hybridized carbons (Fsp3) is 0.360. The van der Waals surface area contributed by atoms with E-state index in [1.54, 1.807) is 36.1 Å². The zero-order valence-electron chi connectivity index (χ0n) is 17.8. The zero-order valence-corrected chi connectivity index (χ0v) is 17.8. The van der Waals surface area contributed by atoms with Crippen LogP contribution in [0.2, 0.25) is 0 Å². The molecule has 1 amide bonds. The van der Waals surface area contributed by atoms with Gasteiger partial charge in [-0.25, -0.2) is 0 Å². The van der Waals surface area contributed by atoms with Crippen LogP contribution in [0.4, 0.5) is 5.69 Å². The normalized spacial score (nSPS) is 15.5. The molecule has 0 spiro atoms. The lowest BCUT2D eigenvalue weighted by Crippen LogP contribution is -2.39. The number of carbonyl (C=O) groups excluding carboxylic acids is 1. The summed E-state index contributed by atoms with van der Waals surface area (Å²) in [6.45, 7) is 0.298. The van der Waals surface area contributed by atoms with E-state index < -0.39 is 5.60 Å². The van der Waals surface area contributed by atoms with Crippen LogP contribution in [-0.4, -0.2) is 28.3 Å². The summed E-state index contributed by atoms with van der Waals surface area (Å²) in [6.07, 6.45) is 6.43. The van der Waals surface area contributed by atoms with Crippen molar-refractivity contribution in [2.75, 3.05) is 12.4 Å². The van der Waals surface area contributed by atoms with Crippen LogP contribution in [0.15, 0.2) is 59.5 Å². The minimum atomic E-state index is -0.823. The van der Waals surface area contributed by atoms with E-state index in [-0.39, 0.29) is 17.9 Å². The number of aromatic nitrogens is 1. The Labute approximate surface area is 181 Å². The molecule has 6 nitrogen and oxygen atoms in total. The molecule has 1 aliphatic rings. The summed E-state index contributed by atoms with van der Waals surface area (Å²) < 4.78 is 6.91. The van der Waals surface area contributed by atoms with Crippen LogP contribution in [0.1, 0.15) is 37.7 Å². The van der Waals surface area contributed by atoms with Gasteiger partial charge in [-0.1, -0.05) is 43.5 Å². The molecular weight excluding hydrogens is 392 g/mol. The van der Waals surface area contributed by atoms with E-state index in [1.807, 2.05) is 30.3 Å². The number of nitrogens with one attached hydrogen (secondary N) is 1. The Morgan fingerprint density at radius 1 is 1.06 bits per heavy atom. The molecule has 1 aliphatic carbocycles. The minimum Gasteiger partial charge on any atom is -0.496 e. The van der Waals surface area contributed by atoms with E-state index in [0.29, 0.717) is 28.8 Å². The largest absolute Gasteiger partial charge is 0.496 e. The highest BCUT2D eigenvalue weighted by Gasteiger charge is 2.30. The Kier molecular flexibility index (Phi) is 6.09. The number of methoxy groups -OCH3 is 1. The number of benzene rings is 2. The topological polar surface area (TPSA) is 80.6 Å². The Hall–Kier alpha value is -3.12. The number of hydrogen-bond donors (Lipinski definition) is 2. The molecule has 4 rings (SSSR count). The van der Waals surface area contributed by atoms with Crippen LogP contribution in [0.3, 0.4) is 0 Å². The summed E-state index contributed by atoms with van der Waals surface area (Å²) in [7, 11) is 1.58. The molecule has 1 fully saturated rings. The van der Waals surface area contributed by atoms with Gasteiger partial charge >= 0.3 is 0 Å². The van der Waals surface area contributed by atoms with Gasteiger partial charge in [0.25, 0.3) is 5.56 Å². The molecule has 0 atom stereocenters. The molecule has 0 saturated heterocycles. The maximum Gasteiger partial charge on any atom is 0.258 e. The summed E-state index contributed by atoms with van der Waals surface area (Å²) in [5, 5.41) is 15.0. The average molecular weight is 421 g/mol. The van der Waals surface area contributed by atoms with Crippen LogP contribution in [0.5, 0.6) is 5.75 Å². The highest BCUT2D eigenvalue weighted by atomic mass is 16.5. The number of fused-ring (bicyclic) bond motifs is 1. The van der Waals surface area contributed by atoms with Crippen LogP contribution >= 0.6 is 0 Å². The van der Waals surface area contributed by atoms with Crippen molar-refractivity contribution < 1.29 is 14.6 Å². The van der Waals surface area contributed by atoms with E-state index >= 15 is 0 Å². The Bertz CT molecular complexity index is 1150. The molecule has 162 valence electrons. The summed E-state index contributed by atoms with van der Waals surface area (Å²) >= 11 is 0. The van der Waals surface area contributed by atoms with E-state index in [0.717, 1.165) is 37.7 Å². The fourth-order valence-electron chi connectivity index (χ4n) is 4.45. The first kappa shape index (κ1) is 21.1. The second-order valence-corrected chi connectivity index (χ2v) is 8.34. The molecule has 0 unspecified atom stereocenters. The van der Waals surface area contributed by atoms with Crippen LogP contribution in [0.25, 0.3) is 10.8 Å². The van der Waals surface area contributed by atoms with E-state index in [2.05, 4.69) is 5.32 Å². The Morgan fingerprint density at radius 2 is 1.84 bits per heavy atom. The van der Waals surface area contributed by atoms with Gasteiger partial charge in [0.1, 0.15) is 5.75 Å². The van der Waals surface area contributed by atoms with Gasteiger partial charge in [0.05, 0.1) is 25.7 Å². The van der Waals surface area contributed by atoms with Crippen molar-refractivity contribution in [2.24, 2.45) is 0 Å². The molecule has 2 N–H and O–H groups in total. The highest BCUT2D eigenvalue weighted by molar-refractivity contribution is 6.02. The third-order valence-electron chi connectivity index (χ3n) is 6.09. The van der Waals surface area contributed by atoms with Crippen molar-refractivity contribution in [1.29, 1.82) is 0 Å². The molecular formula is C25H28N2O4. The van der Waals surface area contributed by atoms with Crippen molar-refractivity contribution >= 4 is 22.4 Å². The second-order valence-electron chi connectivity index (χ2n) is 8.34. The molecule has 3 aromatic rings. The maximum atomic E-state index is 13.1. The number of nitrogens with zero attached hydrogens (tertiary/aromatic N) is 1. The first-order valence-electron chi connectivity index (χ1n) is 10.8. The summed E-state index contributed by atoms with van der Waals surface area (Å²) in [6, 6.07) is 14.6. The number of hydrogen-bond acceptors (Lipinski definition) is 4. The Morgan fingerprint density at radius 3 is 2.61 bits per heavy atom. The number of amides is 1. The molecule has 1 aromatic heterocycles. The molecule has 1 saturated carbocycles. The van der Waals surface area contributed by atoms with E-state index in [4.69, 9.17) is 4.74 Å². The molecule has 6 heteroatoms. The number of carbonyl (C=O) groups is 1. The van der Waals surface area contributed by atoms with Gasteiger partial charge in [0.2, 0.25) is 5.91 Å². The monoisotopic (exact) mass is 420 g/mol. The number of anilines is 1. The fourth-order valence-corrected chi connectivity index (χ4v) is 4.45. The van der Waals surface area contributed by atoms with Crippen molar-refractivity contribution in [1.82, 2.24) is 4.57 Å². The molecule has 1 heterocycles. The van der Waals surface area contributed by atoms with Crippen LogP contribution < -0.4 is 15.6 Å². The van der Waals surface area contributed by atoms with E-state index in [1.165, 1.54) is 0 Å². The van der Waals surface area contributed by atoms with Crippen molar-refractivity contribution in [2.45, 2.75) is 50.7 Å². The van der Waals surface area contributed by atoms with Gasteiger partial charge < -0.3 is 19.7 Å². The quantitative estimate of drug-likeness (QED) is 0.634. The number of rotatable bonds is 6. The molecule has 0 radical (unpaired) electrons. The first-order valence-corrected chi connectivity index (χ1v) is 10.8. The molecule has 0 aliphatic heterocycles. The SMILES string of the molecule is COc1ccccc1CC(=O)Nc1cccc2c(=O)n(CC3(O)CCCCC3)ccc12. The number of para-hydroxylation sites is 1. The zero-order chi connectivity index (χ0) is 21.8. The standard InChI is InChI=1S/C25H28N2O4/c1-31-22-11-4-3-8-18(22)16-23(28)26-21-10-7-9-20-19(21)12-15-27(24(20)29)17-25(30)13-5-2-6-14-25/h3-4,7-12,15,30H,2,5-6,13-14,16-17H2,1H3,(H,26,28). The highest BCUT2D eigenvalue weighted by Crippen LogP contribution is 2.29.